The van der Waals surface area contributed by atoms with E-state index in [1.54, 1.807) is 56.2 Å². The van der Waals surface area contributed by atoms with Gasteiger partial charge in [0.15, 0.2) is 21.3 Å². The molecule has 0 atom stereocenters. The Morgan fingerprint density at radius 2 is 1.93 bits per heavy atom. The molecule has 9 heteroatoms. The first kappa shape index (κ1) is 18.9. The number of methoxy groups -OCH3 is 1. The number of hydrogen-bond acceptors (Lipinski definition) is 7. The molecule has 3 aromatic heterocycles. The summed E-state index contributed by atoms with van der Waals surface area (Å²) in [7, 11) is -1.78. The summed E-state index contributed by atoms with van der Waals surface area (Å²) >= 11 is 0. The molecule has 4 aromatic rings. The molecular formula is C20H19N5O3S. The van der Waals surface area contributed by atoms with E-state index in [-0.39, 0.29) is 10.7 Å². The molecule has 0 amide bonds. The lowest BCUT2D eigenvalue weighted by Gasteiger charge is -2.11. The predicted molar refractivity (Wildman–Crippen MR) is 110 cm³/mol. The summed E-state index contributed by atoms with van der Waals surface area (Å²) in [6.45, 7) is 1.91. The zero-order valence-corrected chi connectivity index (χ0v) is 16.9. The number of rotatable bonds is 4. The zero-order chi connectivity index (χ0) is 20.8. The molecule has 0 saturated carbocycles. The highest BCUT2D eigenvalue weighted by atomic mass is 32.2. The minimum absolute atomic E-state index is 0.242. The molecule has 0 fully saturated rings. The quantitative estimate of drug-likeness (QED) is 0.551. The molecule has 0 aliphatic heterocycles. The fourth-order valence-electron chi connectivity index (χ4n) is 3.20. The van der Waals surface area contributed by atoms with Crippen molar-refractivity contribution in [3.63, 3.8) is 0 Å². The van der Waals surface area contributed by atoms with Crippen LogP contribution in [-0.4, -0.2) is 41.1 Å². The SMILES string of the molecule is COc1cnccc1-c1cn2c(-c3cc(S(C)(=O)=O)ccc3C)cnc2c(N)n1. The van der Waals surface area contributed by atoms with Gasteiger partial charge in [-0.25, -0.2) is 18.4 Å². The third-order valence-corrected chi connectivity index (χ3v) is 5.82. The minimum atomic E-state index is -3.34. The topological polar surface area (TPSA) is 112 Å². The van der Waals surface area contributed by atoms with Crippen LogP contribution in [0.2, 0.25) is 0 Å². The van der Waals surface area contributed by atoms with Crippen LogP contribution in [0.15, 0.2) is 53.9 Å². The maximum atomic E-state index is 12.0. The van der Waals surface area contributed by atoms with Gasteiger partial charge in [0.05, 0.1) is 35.8 Å². The fourth-order valence-corrected chi connectivity index (χ4v) is 3.85. The Morgan fingerprint density at radius 3 is 2.66 bits per heavy atom. The number of pyridine rings is 1. The fraction of sp³-hybridized carbons (Fsp3) is 0.150. The Labute approximate surface area is 167 Å². The summed E-state index contributed by atoms with van der Waals surface area (Å²) in [5.41, 5.74) is 10.4. The van der Waals surface area contributed by atoms with Crippen LogP contribution in [0.25, 0.3) is 28.2 Å². The van der Waals surface area contributed by atoms with E-state index >= 15 is 0 Å². The number of fused-ring (bicyclic) bond motifs is 1. The second-order valence-corrected chi connectivity index (χ2v) is 8.69. The number of hydrogen-bond donors (Lipinski definition) is 1. The second-order valence-electron chi connectivity index (χ2n) is 6.67. The summed E-state index contributed by atoms with van der Waals surface area (Å²) in [6, 6.07) is 6.82. The lowest BCUT2D eigenvalue weighted by atomic mass is 10.1. The molecule has 1 aromatic carbocycles. The van der Waals surface area contributed by atoms with Crippen molar-refractivity contribution in [2.24, 2.45) is 0 Å². The normalized spacial score (nSPS) is 11.7. The van der Waals surface area contributed by atoms with E-state index in [0.29, 0.717) is 22.8 Å². The van der Waals surface area contributed by atoms with Crippen molar-refractivity contribution < 1.29 is 13.2 Å². The maximum absolute atomic E-state index is 12.0. The van der Waals surface area contributed by atoms with Gasteiger partial charge < -0.3 is 10.5 Å². The number of anilines is 1. The molecule has 148 valence electrons. The third-order valence-electron chi connectivity index (χ3n) is 4.71. The number of nitrogens with two attached hydrogens (primary N) is 1. The summed E-state index contributed by atoms with van der Waals surface area (Å²) in [4.78, 5) is 13.2. The first-order chi connectivity index (χ1) is 13.8. The molecule has 0 bridgehead atoms. The molecule has 0 radical (unpaired) electrons. The van der Waals surface area contributed by atoms with Crippen molar-refractivity contribution in [1.82, 2.24) is 19.4 Å². The Kier molecular flexibility index (Phi) is 4.46. The van der Waals surface area contributed by atoms with Crippen LogP contribution in [0, 0.1) is 6.92 Å². The smallest absolute Gasteiger partial charge is 0.180 e. The molecule has 0 aliphatic carbocycles. The van der Waals surface area contributed by atoms with E-state index < -0.39 is 9.84 Å². The molecule has 4 rings (SSSR count). The molecule has 0 unspecified atom stereocenters. The Bertz CT molecular complexity index is 1350. The van der Waals surface area contributed by atoms with Gasteiger partial charge in [0, 0.05) is 29.8 Å². The van der Waals surface area contributed by atoms with Crippen LogP contribution in [0.1, 0.15) is 5.56 Å². The minimum Gasteiger partial charge on any atom is -0.494 e. The molecule has 0 aliphatic rings. The van der Waals surface area contributed by atoms with Gasteiger partial charge in [0.25, 0.3) is 0 Å². The van der Waals surface area contributed by atoms with E-state index in [1.807, 2.05) is 11.3 Å². The molecule has 0 spiro atoms. The average Bonchev–Trinajstić information content (AvgIpc) is 3.11. The average molecular weight is 409 g/mol. The Morgan fingerprint density at radius 1 is 1.14 bits per heavy atom. The molecule has 29 heavy (non-hydrogen) atoms. The van der Waals surface area contributed by atoms with Crippen LogP contribution in [0.4, 0.5) is 5.82 Å². The monoisotopic (exact) mass is 409 g/mol. The highest BCUT2D eigenvalue weighted by Gasteiger charge is 2.17. The lowest BCUT2D eigenvalue weighted by Crippen LogP contribution is -2.02. The second kappa shape index (κ2) is 6.85. The molecule has 3 heterocycles. The first-order valence-corrected chi connectivity index (χ1v) is 10.6. The number of aromatic nitrogens is 4. The third kappa shape index (κ3) is 3.29. The Balaban J connectivity index is 1.98. The van der Waals surface area contributed by atoms with Crippen LogP contribution < -0.4 is 10.5 Å². The van der Waals surface area contributed by atoms with Crippen molar-refractivity contribution in [1.29, 1.82) is 0 Å². The highest BCUT2D eigenvalue weighted by Crippen LogP contribution is 2.32. The van der Waals surface area contributed by atoms with Gasteiger partial charge >= 0.3 is 0 Å². The molecule has 2 N–H and O–H groups in total. The van der Waals surface area contributed by atoms with Crippen molar-refractivity contribution >= 4 is 21.3 Å². The van der Waals surface area contributed by atoms with E-state index in [0.717, 1.165) is 16.7 Å². The van der Waals surface area contributed by atoms with Gasteiger partial charge in [-0.2, -0.15) is 0 Å². The van der Waals surface area contributed by atoms with E-state index in [9.17, 15) is 8.42 Å². The summed E-state index contributed by atoms with van der Waals surface area (Å²) in [5.74, 6) is 0.820. The number of sulfone groups is 1. The van der Waals surface area contributed by atoms with Crippen LogP contribution >= 0.6 is 0 Å². The number of nitrogen functional groups attached to an aromatic ring is 1. The van der Waals surface area contributed by atoms with Crippen molar-refractivity contribution in [3.05, 3.63) is 54.6 Å². The van der Waals surface area contributed by atoms with E-state index in [1.165, 1.54) is 6.26 Å². The number of ether oxygens (including phenoxy) is 1. The lowest BCUT2D eigenvalue weighted by molar-refractivity contribution is 0.414. The van der Waals surface area contributed by atoms with Gasteiger partial charge in [0.1, 0.15) is 5.75 Å². The van der Waals surface area contributed by atoms with Crippen LogP contribution in [0.3, 0.4) is 0 Å². The predicted octanol–water partition coefficient (Wildman–Crippen LogP) is 2.76. The Hall–Kier alpha value is -3.46. The van der Waals surface area contributed by atoms with E-state index in [4.69, 9.17) is 10.5 Å². The summed E-state index contributed by atoms with van der Waals surface area (Å²) < 4.78 is 31.2. The molecular weight excluding hydrogens is 390 g/mol. The number of imidazole rings is 1. The first-order valence-electron chi connectivity index (χ1n) is 8.72. The van der Waals surface area contributed by atoms with Crippen LogP contribution in [0.5, 0.6) is 5.75 Å². The van der Waals surface area contributed by atoms with Crippen molar-refractivity contribution in [3.8, 4) is 28.3 Å². The number of benzene rings is 1. The number of nitrogens with zero attached hydrogens (tertiary/aromatic N) is 4. The highest BCUT2D eigenvalue weighted by molar-refractivity contribution is 7.90. The summed E-state index contributed by atoms with van der Waals surface area (Å²) in [5, 5.41) is 0. The van der Waals surface area contributed by atoms with Gasteiger partial charge in [-0.15, -0.1) is 0 Å². The van der Waals surface area contributed by atoms with Gasteiger partial charge in [-0.3, -0.25) is 9.38 Å². The van der Waals surface area contributed by atoms with Gasteiger partial charge in [-0.1, -0.05) is 6.07 Å². The van der Waals surface area contributed by atoms with E-state index in [2.05, 4.69) is 15.0 Å². The largest absolute Gasteiger partial charge is 0.494 e. The summed E-state index contributed by atoms with van der Waals surface area (Å²) in [6.07, 6.45) is 7.90. The standard InChI is InChI=1S/C20H19N5O3S/c1-12-4-5-13(29(3,26)27)8-15(12)17-9-23-20-19(21)24-16(11-25(17)20)14-6-7-22-10-18(14)28-2/h4-11H,1-3H3,(H2,21,24). The van der Waals surface area contributed by atoms with Gasteiger partial charge in [-0.05, 0) is 30.7 Å². The van der Waals surface area contributed by atoms with Crippen LogP contribution in [-0.2, 0) is 9.84 Å². The molecule has 8 nitrogen and oxygen atoms in total. The van der Waals surface area contributed by atoms with Gasteiger partial charge in [0.2, 0.25) is 0 Å². The maximum Gasteiger partial charge on any atom is 0.180 e. The van der Waals surface area contributed by atoms with Crippen molar-refractivity contribution in [2.75, 3.05) is 19.1 Å². The molecule has 0 saturated heterocycles. The zero-order valence-electron chi connectivity index (χ0n) is 16.1. The number of aryl methyl sites for hydroxylation is 1. The van der Waals surface area contributed by atoms with Crippen molar-refractivity contribution in [2.45, 2.75) is 11.8 Å².